The van der Waals surface area contributed by atoms with E-state index < -0.39 is 0 Å². The van der Waals surface area contributed by atoms with Crippen molar-refractivity contribution in [3.8, 4) is 0 Å². The Morgan fingerprint density at radius 1 is 1.00 bits per heavy atom. The van der Waals surface area contributed by atoms with Crippen molar-refractivity contribution in [2.24, 2.45) is 5.92 Å². The van der Waals surface area contributed by atoms with E-state index in [0.29, 0.717) is 18.2 Å². The van der Waals surface area contributed by atoms with E-state index in [1.54, 1.807) is 0 Å². The minimum absolute atomic E-state index is 0.487. The van der Waals surface area contributed by atoms with Crippen LogP contribution in [0.5, 0.6) is 0 Å². The topological polar surface area (TPSA) is 19.0 Å². The summed E-state index contributed by atoms with van der Waals surface area (Å²) < 4.78 is 6.03. The number of benzene rings is 1. The zero-order chi connectivity index (χ0) is 20.8. The fraction of sp³-hybridized carbons (Fsp3) is 0.760. The van der Waals surface area contributed by atoms with Crippen LogP contribution in [0.2, 0.25) is 0 Å². The number of anilines is 1. The molecule has 1 aromatic rings. The summed E-state index contributed by atoms with van der Waals surface area (Å²) in [4.78, 5) is 7.60. The average molecular weight is 402 g/mol. The second kappa shape index (κ2) is 10.8. The summed E-state index contributed by atoms with van der Waals surface area (Å²) in [6.07, 6.45) is 5.35. The van der Waals surface area contributed by atoms with Gasteiger partial charge in [0.05, 0.1) is 6.10 Å². The van der Waals surface area contributed by atoms with E-state index in [-0.39, 0.29) is 0 Å². The summed E-state index contributed by atoms with van der Waals surface area (Å²) in [5, 5.41) is 0. The molecule has 0 spiro atoms. The number of hydrogen-bond acceptors (Lipinski definition) is 4. The van der Waals surface area contributed by atoms with Gasteiger partial charge in [0.15, 0.2) is 0 Å². The van der Waals surface area contributed by atoms with E-state index in [1.165, 1.54) is 50.0 Å². The van der Waals surface area contributed by atoms with Gasteiger partial charge in [-0.15, -0.1) is 0 Å². The quantitative estimate of drug-likeness (QED) is 0.532. The number of ether oxygens (including phenoxy) is 1. The standard InChI is InChI=1S/C25H43N3O/c1-20(2)7-6-16-29-25-17-24(18-25)26(5)19-22-8-10-23(11-9-22)28-14-12-27(13-15-28)21(3)4/h8-11,20-21,24-25H,6-7,12-19H2,1-5H3. The number of nitrogens with zero attached hydrogens (tertiary/aromatic N) is 3. The van der Waals surface area contributed by atoms with Crippen LogP contribution in [-0.4, -0.2) is 67.8 Å². The molecule has 3 rings (SSSR count). The zero-order valence-corrected chi connectivity index (χ0v) is 19.4. The minimum atomic E-state index is 0.487. The molecule has 1 saturated heterocycles. The Kier molecular flexibility index (Phi) is 8.40. The largest absolute Gasteiger partial charge is 0.378 e. The van der Waals surface area contributed by atoms with Gasteiger partial charge >= 0.3 is 0 Å². The van der Waals surface area contributed by atoms with Gasteiger partial charge in [-0.2, -0.15) is 0 Å². The molecule has 0 N–H and O–H groups in total. The SMILES string of the molecule is CC(C)CCCOC1CC(N(C)Cc2ccc(N3CCN(C(C)C)CC3)cc2)C1. The monoisotopic (exact) mass is 401 g/mol. The predicted octanol–water partition coefficient (Wildman–Crippen LogP) is 4.63. The second-order valence-electron chi connectivity index (χ2n) is 9.85. The summed E-state index contributed by atoms with van der Waals surface area (Å²) >= 11 is 0. The normalized spacial score (nSPS) is 23.2. The molecule has 2 aliphatic rings. The summed E-state index contributed by atoms with van der Waals surface area (Å²) in [7, 11) is 2.26. The third-order valence-electron chi connectivity index (χ3n) is 6.75. The maximum absolute atomic E-state index is 6.03. The first kappa shape index (κ1) is 22.6. The third kappa shape index (κ3) is 6.70. The number of hydrogen-bond donors (Lipinski definition) is 0. The highest BCUT2D eigenvalue weighted by Gasteiger charge is 2.32. The highest BCUT2D eigenvalue weighted by Crippen LogP contribution is 2.29. The molecule has 1 heterocycles. The molecule has 1 aromatic carbocycles. The molecule has 1 saturated carbocycles. The summed E-state index contributed by atoms with van der Waals surface area (Å²) in [5.41, 5.74) is 2.79. The summed E-state index contributed by atoms with van der Waals surface area (Å²) in [5.74, 6) is 0.787. The van der Waals surface area contributed by atoms with Crippen LogP contribution in [0.3, 0.4) is 0 Å². The first-order valence-electron chi connectivity index (χ1n) is 11.8. The van der Waals surface area contributed by atoms with Crippen molar-refractivity contribution in [2.45, 2.75) is 78.1 Å². The Labute approximate surface area is 179 Å². The molecule has 0 aromatic heterocycles. The maximum atomic E-state index is 6.03. The van der Waals surface area contributed by atoms with E-state index in [1.807, 2.05) is 0 Å². The Morgan fingerprint density at radius 3 is 2.24 bits per heavy atom. The molecule has 4 heteroatoms. The lowest BCUT2D eigenvalue weighted by Gasteiger charge is -2.41. The molecule has 0 unspecified atom stereocenters. The van der Waals surface area contributed by atoms with E-state index in [2.05, 4.69) is 73.7 Å². The van der Waals surface area contributed by atoms with Crippen molar-refractivity contribution >= 4 is 5.69 Å². The van der Waals surface area contributed by atoms with Crippen LogP contribution >= 0.6 is 0 Å². The minimum Gasteiger partial charge on any atom is -0.378 e. The zero-order valence-electron chi connectivity index (χ0n) is 19.4. The molecule has 164 valence electrons. The first-order valence-corrected chi connectivity index (χ1v) is 11.8. The van der Waals surface area contributed by atoms with Crippen LogP contribution in [-0.2, 0) is 11.3 Å². The van der Waals surface area contributed by atoms with Gasteiger partial charge in [0, 0.05) is 57.1 Å². The van der Waals surface area contributed by atoms with Gasteiger partial charge in [0.25, 0.3) is 0 Å². The van der Waals surface area contributed by atoms with Crippen molar-refractivity contribution < 1.29 is 4.74 Å². The molecule has 1 aliphatic carbocycles. The molecule has 0 amide bonds. The van der Waals surface area contributed by atoms with Crippen LogP contribution in [0, 0.1) is 5.92 Å². The van der Waals surface area contributed by atoms with Gasteiger partial charge < -0.3 is 9.64 Å². The van der Waals surface area contributed by atoms with Gasteiger partial charge in [-0.05, 0) is 70.2 Å². The van der Waals surface area contributed by atoms with Crippen molar-refractivity contribution in [1.29, 1.82) is 0 Å². The lowest BCUT2D eigenvalue weighted by molar-refractivity contribution is -0.0483. The number of rotatable bonds is 10. The van der Waals surface area contributed by atoms with Gasteiger partial charge in [0.1, 0.15) is 0 Å². The smallest absolute Gasteiger partial charge is 0.0605 e. The molecular formula is C25H43N3O. The van der Waals surface area contributed by atoms with Crippen molar-refractivity contribution in [3.63, 3.8) is 0 Å². The van der Waals surface area contributed by atoms with Crippen LogP contribution in [0.1, 0.15) is 58.9 Å². The fourth-order valence-corrected chi connectivity index (χ4v) is 4.50. The molecule has 0 atom stereocenters. The molecule has 1 aliphatic heterocycles. The van der Waals surface area contributed by atoms with Crippen molar-refractivity contribution in [2.75, 3.05) is 44.7 Å². The summed E-state index contributed by atoms with van der Waals surface area (Å²) in [6, 6.07) is 10.6. The van der Waals surface area contributed by atoms with Gasteiger partial charge in [-0.3, -0.25) is 9.80 Å². The Morgan fingerprint density at radius 2 is 1.66 bits per heavy atom. The Balaban J connectivity index is 1.36. The van der Waals surface area contributed by atoms with Crippen molar-refractivity contribution in [1.82, 2.24) is 9.80 Å². The Bertz CT molecular complexity index is 587. The van der Waals surface area contributed by atoms with Gasteiger partial charge in [-0.1, -0.05) is 26.0 Å². The molecule has 29 heavy (non-hydrogen) atoms. The van der Waals surface area contributed by atoms with Gasteiger partial charge in [-0.25, -0.2) is 0 Å². The first-order chi connectivity index (χ1) is 13.9. The average Bonchev–Trinajstić information content (AvgIpc) is 2.66. The molecule has 4 nitrogen and oxygen atoms in total. The maximum Gasteiger partial charge on any atom is 0.0605 e. The van der Waals surface area contributed by atoms with E-state index in [4.69, 9.17) is 4.74 Å². The molecule has 2 fully saturated rings. The number of piperazine rings is 1. The van der Waals surface area contributed by atoms with Gasteiger partial charge in [0.2, 0.25) is 0 Å². The summed E-state index contributed by atoms with van der Waals surface area (Å²) in [6.45, 7) is 15.7. The molecule has 0 radical (unpaired) electrons. The van der Waals surface area contributed by atoms with E-state index in [9.17, 15) is 0 Å². The highest BCUT2D eigenvalue weighted by atomic mass is 16.5. The van der Waals surface area contributed by atoms with Crippen LogP contribution in [0.25, 0.3) is 0 Å². The third-order valence-corrected chi connectivity index (χ3v) is 6.75. The molecule has 0 bridgehead atoms. The fourth-order valence-electron chi connectivity index (χ4n) is 4.50. The highest BCUT2D eigenvalue weighted by molar-refractivity contribution is 5.48. The van der Waals surface area contributed by atoms with Crippen LogP contribution in [0.4, 0.5) is 5.69 Å². The van der Waals surface area contributed by atoms with E-state index >= 15 is 0 Å². The lowest BCUT2D eigenvalue weighted by Crippen LogP contribution is -2.48. The predicted molar refractivity (Wildman–Crippen MR) is 124 cm³/mol. The molecular weight excluding hydrogens is 358 g/mol. The van der Waals surface area contributed by atoms with Crippen molar-refractivity contribution in [3.05, 3.63) is 29.8 Å². The van der Waals surface area contributed by atoms with Crippen LogP contribution < -0.4 is 4.90 Å². The Hall–Kier alpha value is -1.10. The lowest BCUT2D eigenvalue weighted by atomic mass is 9.88. The second-order valence-corrected chi connectivity index (χ2v) is 9.85. The van der Waals surface area contributed by atoms with Crippen LogP contribution in [0.15, 0.2) is 24.3 Å². The van der Waals surface area contributed by atoms with E-state index in [0.717, 1.165) is 32.2 Å².